The van der Waals surface area contributed by atoms with Crippen LogP contribution in [0.3, 0.4) is 0 Å². The fourth-order valence-corrected chi connectivity index (χ4v) is 3.10. The third-order valence-electron chi connectivity index (χ3n) is 2.74. The van der Waals surface area contributed by atoms with Crippen LogP contribution >= 0.6 is 11.3 Å². The Balaban J connectivity index is 2.24. The summed E-state index contributed by atoms with van der Waals surface area (Å²) >= 11 is 1.81. The van der Waals surface area contributed by atoms with Gasteiger partial charge in [0.15, 0.2) is 5.13 Å². The van der Waals surface area contributed by atoms with E-state index >= 15 is 0 Å². The quantitative estimate of drug-likeness (QED) is 0.801. The van der Waals surface area contributed by atoms with Crippen molar-refractivity contribution < 1.29 is 0 Å². The van der Waals surface area contributed by atoms with Gasteiger partial charge in [0.25, 0.3) is 0 Å². The predicted molar refractivity (Wildman–Crippen MR) is 61.3 cm³/mol. The van der Waals surface area contributed by atoms with Crippen molar-refractivity contribution in [1.82, 2.24) is 10.3 Å². The molecule has 2 N–H and O–H groups in total. The Morgan fingerprint density at radius 2 is 2.36 bits per heavy atom. The molecule has 1 aromatic heterocycles. The normalized spacial score (nSPS) is 20.6. The SMILES string of the molecule is CNCC1CCCc2sc(NC)nc21. The van der Waals surface area contributed by atoms with Crippen molar-refractivity contribution >= 4 is 16.5 Å². The molecule has 0 aliphatic heterocycles. The third kappa shape index (κ3) is 1.77. The first kappa shape index (κ1) is 9.93. The number of anilines is 1. The second-order valence-corrected chi connectivity index (χ2v) is 4.81. The summed E-state index contributed by atoms with van der Waals surface area (Å²) in [4.78, 5) is 6.12. The lowest BCUT2D eigenvalue weighted by Gasteiger charge is -2.20. The zero-order chi connectivity index (χ0) is 9.97. The highest BCUT2D eigenvalue weighted by molar-refractivity contribution is 7.15. The molecule has 78 valence electrons. The fraction of sp³-hybridized carbons (Fsp3) is 0.700. The Kier molecular flexibility index (Phi) is 3.03. The average Bonchev–Trinajstić information content (AvgIpc) is 2.62. The van der Waals surface area contributed by atoms with Crippen LogP contribution in [0, 0.1) is 0 Å². The number of likely N-dealkylation sites (N-methyl/N-ethyl adjacent to an activating group) is 1. The van der Waals surface area contributed by atoms with Gasteiger partial charge in [-0.25, -0.2) is 4.98 Å². The first-order chi connectivity index (χ1) is 6.85. The summed E-state index contributed by atoms with van der Waals surface area (Å²) in [7, 11) is 3.96. The second-order valence-electron chi connectivity index (χ2n) is 3.72. The van der Waals surface area contributed by atoms with E-state index in [-0.39, 0.29) is 0 Å². The standard InChI is InChI=1S/C10H17N3S/c1-11-6-7-4-3-5-8-9(7)13-10(12-2)14-8/h7,11H,3-6H2,1-2H3,(H,12,13). The number of hydrogen-bond donors (Lipinski definition) is 2. The van der Waals surface area contributed by atoms with E-state index in [9.17, 15) is 0 Å². The van der Waals surface area contributed by atoms with Gasteiger partial charge in [0.05, 0.1) is 5.69 Å². The molecule has 0 saturated carbocycles. The largest absolute Gasteiger partial charge is 0.365 e. The van der Waals surface area contributed by atoms with Crippen molar-refractivity contribution in [3.8, 4) is 0 Å². The number of fused-ring (bicyclic) bond motifs is 1. The van der Waals surface area contributed by atoms with Crippen LogP contribution in [0.5, 0.6) is 0 Å². The predicted octanol–water partition coefficient (Wildman–Crippen LogP) is 1.82. The molecule has 4 heteroatoms. The highest BCUT2D eigenvalue weighted by atomic mass is 32.1. The lowest BCUT2D eigenvalue weighted by molar-refractivity contribution is 0.523. The van der Waals surface area contributed by atoms with Gasteiger partial charge in [-0.2, -0.15) is 0 Å². The van der Waals surface area contributed by atoms with Crippen molar-refractivity contribution in [3.05, 3.63) is 10.6 Å². The van der Waals surface area contributed by atoms with Gasteiger partial charge in [-0.3, -0.25) is 0 Å². The molecule has 3 nitrogen and oxygen atoms in total. The molecular formula is C10H17N3S. The maximum absolute atomic E-state index is 4.64. The smallest absolute Gasteiger partial charge is 0.182 e. The molecule has 2 rings (SSSR count). The summed E-state index contributed by atoms with van der Waals surface area (Å²) < 4.78 is 0. The van der Waals surface area contributed by atoms with Gasteiger partial charge in [0.1, 0.15) is 0 Å². The molecule has 0 saturated heterocycles. The van der Waals surface area contributed by atoms with E-state index in [2.05, 4.69) is 15.6 Å². The zero-order valence-corrected chi connectivity index (χ0v) is 9.58. The maximum Gasteiger partial charge on any atom is 0.182 e. The lowest BCUT2D eigenvalue weighted by atomic mass is 9.91. The van der Waals surface area contributed by atoms with Crippen LogP contribution in [0.15, 0.2) is 0 Å². The molecular weight excluding hydrogens is 194 g/mol. The highest BCUT2D eigenvalue weighted by Crippen LogP contribution is 2.35. The second kappa shape index (κ2) is 4.28. The monoisotopic (exact) mass is 211 g/mol. The minimum absolute atomic E-state index is 0.627. The molecule has 0 spiro atoms. The molecule has 1 aliphatic carbocycles. The molecule has 1 atom stereocenters. The topological polar surface area (TPSA) is 37.0 Å². The van der Waals surface area contributed by atoms with Crippen molar-refractivity contribution in [3.63, 3.8) is 0 Å². The minimum Gasteiger partial charge on any atom is -0.365 e. The number of thiazole rings is 1. The third-order valence-corrected chi connectivity index (χ3v) is 3.88. The van der Waals surface area contributed by atoms with Crippen molar-refractivity contribution in [2.75, 3.05) is 26.0 Å². The number of aryl methyl sites for hydroxylation is 1. The average molecular weight is 211 g/mol. The van der Waals surface area contributed by atoms with Gasteiger partial charge < -0.3 is 10.6 Å². The number of nitrogens with zero attached hydrogens (tertiary/aromatic N) is 1. The number of hydrogen-bond acceptors (Lipinski definition) is 4. The molecule has 0 bridgehead atoms. The van der Waals surface area contributed by atoms with E-state index in [0.29, 0.717) is 5.92 Å². The molecule has 1 unspecified atom stereocenters. The fourth-order valence-electron chi connectivity index (χ4n) is 2.06. The maximum atomic E-state index is 4.64. The lowest BCUT2D eigenvalue weighted by Crippen LogP contribution is -2.21. The first-order valence-corrected chi connectivity index (χ1v) is 5.98. The zero-order valence-electron chi connectivity index (χ0n) is 8.76. The Morgan fingerprint density at radius 1 is 1.50 bits per heavy atom. The molecule has 1 heterocycles. The van der Waals surface area contributed by atoms with E-state index in [1.54, 1.807) is 0 Å². The minimum atomic E-state index is 0.627. The van der Waals surface area contributed by atoms with Crippen LogP contribution in [0.4, 0.5) is 5.13 Å². The van der Waals surface area contributed by atoms with Gasteiger partial charge in [0.2, 0.25) is 0 Å². The van der Waals surface area contributed by atoms with Gasteiger partial charge in [-0.05, 0) is 26.3 Å². The van der Waals surface area contributed by atoms with Gasteiger partial charge >= 0.3 is 0 Å². The molecule has 0 radical (unpaired) electrons. The summed E-state index contributed by atoms with van der Waals surface area (Å²) in [6.45, 7) is 1.06. The Hall–Kier alpha value is -0.610. The van der Waals surface area contributed by atoms with Crippen LogP contribution < -0.4 is 10.6 Å². The van der Waals surface area contributed by atoms with E-state index in [1.807, 2.05) is 25.4 Å². The summed E-state index contributed by atoms with van der Waals surface area (Å²) in [5.41, 5.74) is 1.33. The summed E-state index contributed by atoms with van der Waals surface area (Å²) in [5, 5.41) is 7.45. The number of aromatic nitrogens is 1. The highest BCUT2D eigenvalue weighted by Gasteiger charge is 2.23. The van der Waals surface area contributed by atoms with Crippen LogP contribution in [0.2, 0.25) is 0 Å². The summed E-state index contributed by atoms with van der Waals surface area (Å²) in [6, 6.07) is 0. The van der Waals surface area contributed by atoms with E-state index in [0.717, 1.165) is 11.7 Å². The van der Waals surface area contributed by atoms with Gasteiger partial charge in [-0.1, -0.05) is 0 Å². The number of rotatable bonds is 3. The first-order valence-electron chi connectivity index (χ1n) is 5.17. The van der Waals surface area contributed by atoms with Crippen LogP contribution in [-0.4, -0.2) is 25.6 Å². The Bertz CT molecular complexity index is 308. The molecule has 0 amide bonds. The summed E-state index contributed by atoms with van der Waals surface area (Å²) in [6.07, 6.45) is 3.81. The molecule has 1 aliphatic rings. The molecule has 0 fully saturated rings. The Labute approximate surface area is 88.9 Å². The number of nitrogens with one attached hydrogen (secondary N) is 2. The molecule has 14 heavy (non-hydrogen) atoms. The molecule has 1 aromatic rings. The van der Waals surface area contributed by atoms with Crippen molar-refractivity contribution in [2.24, 2.45) is 0 Å². The molecule has 0 aromatic carbocycles. The van der Waals surface area contributed by atoms with E-state index in [1.165, 1.54) is 29.8 Å². The van der Waals surface area contributed by atoms with E-state index in [4.69, 9.17) is 0 Å². The van der Waals surface area contributed by atoms with Gasteiger partial charge in [0, 0.05) is 24.4 Å². The van der Waals surface area contributed by atoms with Crippen LogP contribution in [0.1, 0.15) is 29.3 Å². The van der Waals surface area contributed by atoms with Crippen LogP contribution in [-0.2, 0) is 6.42 Å². The van der Waals surface area contributed by atoms with E-state index < -0.39 is 0 Å². The Morgan fingerprint density at radius 3 is 3.07 bits per heavy atom. The summed E-state index contributed by atoms with van der Waals surface area (Å²) in [5.74, 6) is 0.627. The van der Waals surface area contributed by atoms with Crippen molar-refractivity contribution in [1.29, 1.82) is 0 Å². The van der Waals surface area contributed by atoms with Gasteiger partial charge in [-0.15, -0.1) is 11.3 Å². The van der Waals surface area contributed by atoms with Crippen molar-refractivity contribution in [2.45, 2.75) is 25.2 Å². The van der Waals surface area contributed by atoms with Crippen LogP contribution in [0.25, 0.3) is 0 Å².